The van der Waals surface area contributed by atoms with Gasteiger partial charge in [0.05, 0.1) is 0 Å². The zero-order valence-electron chi connectivity index (χ0n) is 20.1. The predicted molar refractivity (Wildman–Crippen MR) is 139 cm³/mol. The fraction of sp³-hybridized carbons (Fsp3) is 0.467. The fourth-order valence-electron chi connectivity index (χ4n) is 7.27. The second kappa shape index (κ2) is 9.13. The Labute approximate surface area is 216 Å². The van der Waals surface area contributed by atoms with Crippen LogP contribution in [0.25, 0.3) is 0 Å². The second-order valence-corrected chi connectivity index (χ2v) is 10.9. The number of hydrogen-bond donors (Lipinski definition) is 0. The number of hydrogen-bond acceptors (Lipinski definition) is 4. The second-order valence-electron chi connectivity index (χ2n) is 10.5. The van der Waals surface area contributed by atoms with Crippen molar-refractivity contribution in [2.75, 3.05) is 13.2 Å². The minimum Gasteiger partial charge on any atom is -0.461 e. The Bertz CT molecular complexity index is 1180. The average Bonchev–Trinajstić information content (AvgIpc) is 3.17. The summed E-state index contributed by atoms with van der Waals surface area (Å²) in [5, 5.41) is 0. The van der Waals surface area contributed by atoms with Gasteiger partial charge in [0, 0.05) is 33.5 Å². The Hall–Kier alpha value is -2.58. The summed E-state index contributed by atoms with van der Waals surface area (Å²) in [4.78, 5) is 3.03. The molecule has 0 saturated heterocycles. The van der Waals surface area contributed by atoms with Gasteiger partial charge < -0.3 is 18.9 Å². The highest BCUT2D eigenvalue weighted by Gasteiger charge is 2.63. The SMILES string of the molecule is C[C@]12CC[C@@H]3c4ccc(OC5=CC=CCO5)cc4CC[C@H]3[C@@H]1CC[C@]2(C#CBr)OC1=CC=CCO1. The third kappa shape index (κ3) is 3.91. The molecule has 5 atom stereocenters. The Morgan fingerprint density at radius 3 is 2.54 bits per heavy atom. The van der Waals surface area contributed by atoms with Crippen molar-refractivity contribution in [3.8, 4) is 16.5 Å². The highest BCUT2D eigenvalue weighted by atomic mass is 79.9. The van der Waals surface area contributed by atoms with Crippen LogP contribution in [-0.4, -0.2) is 18.8 Å². The summed E-state index contributed by atoms with van der Waals surface area (Å²) in [6.45, 7) is 3.53. The highest BCUT2D eigenvalue weighted by molar-refractivity contribution is 9.12. The van der Waals surface area contributed by atoms with Crippen LogP contribution in [0.1, 0.15) is 56.1 Å². The first-order valence-corrected chi connectivity index (χ1v) is 13.5. The van der Waals surface area contributed by atoms with Gasteiger partial charge in [0.25, 0.3) is 11.9 Å². The zero-order chi connectivity index (χ0) is 23.9. The predicted octanol–water partition coefficient (Wildman–Crippen LogP) is 6.89. The monoisotopic (exact) mass is 534 g/mol. The van der Waals surface area contributed by atoms with E-state index in [2.05, 4.69) is 51.8 Å². The van der Waals surface area contributed by atoms with E-state index in [1.165, 1.54) is 17.5 Å². The number of ether oxygens (including phenoxy) is 4. The summed E-state index contributed by atoms with van der Waals surface area (Å²) in [6, 6.07) is 6.63. The lowest BCUT2D eigenvalue weighted by Gasteiger charge is -2.53. The number of fused-ring (bicyclic) bond motifs is 5. The van der Waals surface area contributed by atoms with E-state index < -0.39 is 5.60 Å². The highest BCUT2D eigenvalue weighted by Crippen LogP contribution is 2.65. The van der Waals surface area contributed by atoms with E-state index >= 15 is 0 Å². The molecule has 2 aliphatic heterocycles. The summed E-state index contributed by atoms with van der Waals surface area (Å²) in [5.74, 6) is 7.30. The first-order valence-electron chi connectivity index (χ1n) is 12.7. The normalized spacial score (nSPS) is 34.5. The van der Waals surface area contributed by atoms with E-state index in [9.17, 15) is 0 Å². The maximum absolute atomic E-state index is 6.64. The maximum Gasteiger partial charge on any atom is 0.284 e. The lowest BCUT2D eigenvalue weighted by Crippen LogP contribution is -2.51. The number of halogens is 1. The summed E-state index contributed by atoms with van der Waals surface area (Å²) in [7, 11) is 0. The van der Waals surface area contributed by atoms with Gasteiger partial charge in [-0.15, -0.1) is 0 Å². The van der Waals surface area contributed by atoms with Crippen LogP contribution < -0.4 is 4.74 Å². The standard InChI is InChI=1S/C30H31BrO4/c1-29-14-12-24-23-11-9-22(34-27-6-2-4-18-32-27)20-21(23)8-10-25(24)26(29)13-15-30(29,16-17-31)35-28-7-3-5-19-33-28/h2-7,9,11,20,24-26H,8,10,12-15,18-19H2,1H3/t24-,25-,26+,29+,30-/m1/s1. The molecule has 0 bridgehead atoms. The molecule has 5 heteroatoms. The molecule has 6 rings (SSSR count). The third-order valence-corrected chi connectivity index (χ3v) is 9.14. The molecule has 2 saturated carbocycles. The Kier molecular flexibility index (Phi) is 5.96. The van der Waals surface area contributed by atoms with Gasteiger partial charge in [0.1, 0.15) is 19.0 Å². The molecule has 0 amide bonds. The van der Waals surface area contributed by atoms with E-state index in [0.717, 1.165) is 37.9 Å². The van der Waals surface area contributed by atoms with Gasteiger partial charge >= 0.3 is 0 Å². The van der Waals surface area contributed by atoms with Crippen molar-refractivity contribution < 1.29 is 18.9 Å². The maximum atomic E-state index is 6.64. The largest absolute Gasteiger partial charge is 0.461 e. The molecule has 1 aromatic carbocycles. The quantitative estimate of drug-likeness (QED) is 0.394. The summed E-state index contributed by atoms with van der Waals surface area (Å²) in [6.07, 6.45) is 18.3. The lowest BCUT2D eigenvalue weighted by atomic mass is 9.53. The Balaban J connectivity index is 1.25. The molecule has 4 nitrogen and oxygen atoms in total. The minimum atomic E-state index is -0.525. The van der Waals surface area contributed by atoms with E-state index in [4.69, 9.17) is 18.9 Å². The van der Waals surface area contributed by atoms with Crippen LogP contribution in [0.4, 0.5) is 0 Å². The molecular weight excluding hydrogens is 504 g/mol. The number of rotatable bonds is 4. The Morgan fingerprint density at radius 2 is 1.80 bits per heavy atom. The van der Waals surface area contributed by atoms with Crippen LogP contribution in [-0.2, 0) is 20.6 Å². The number of aryl methyl sites for hydroxylation is 1. The van der Waals surface area contributed by atoms with E-state index in [1.807, 2.05) is 36.5 Å². The van der Waals surface area contributed by atoms with E-state index in [-0.39, 0.29) is 5.41 Å². The Morgan fingerprint density at radius 1 is 1.00 bits per heavy atom. The van der Waals surface area contributed by atoms with Crippen LogP contribution in [0, 0.1) is 28.0 Å². The molecule has 0 spiro atoms. The van der Waals surface area contributed by atoms with Crippen molar-refractivity contribution >= 4 is 15.9 Å². The molecule has 0 aromatic heterocycles. The zero-order valence-corrected chi connectivity index (χ0v) is 21.7. The molecule has 0 unspecified atom stereocenters. The van der Waals surface area contributed by atoms with Gasteiger partial charge in [-0.25, -0.2) is 0 Å². The van der Waals surface area contributed by atoms with Gasteiger partial charge in [-0.1, -0.05) is 25.1 Å². The molecule has 0 N–H and O–H groups in total. The van der Waals surface area contributed by atoms with Gasteiger partial charge in [-0.2, -0.15) is 0 Å². The van der Waals surface area contributed by atoms with Crippen LogP contribution in [0.3, 0.4) is 0 Å². The van der Waals surface area contributed by atoms with Crippen LogP contribution in [0.5, 0.6) is 5.75 Å². The lowest BCUT2D eigenvalue weighted by molar-refractivity contribution is -0.119. The first kappa shape index (κ1) is 22.9. The molecule has 2 heterocycles. The van der Waals surface area contributed by atoms with Crippen molar-refractivity contribution in [1.29, 1.82) is 0 Å². The number of allylic oxidation sites excluding steroid dienone is 4. The molecule has 35 heavy (non-hydrogen) atoms. The van der Waals surface area contributed by atoms with Gasteiger partial charge in [-0.3, -0.25) is 0 Å². The van der Waals surface area contributed by atoms with Gasteiger partial charge in [0.2, 0.25) is 0 Å². The molecule has 182 valence electrons. The summed E-state index contributed by atoms with van der Waals surface area (Å²) < 4.78 is 24.0. The third-order valence-electron chi connectivity index (χ3n) is 8.94. The fourth-order valence-corrected chi connectivity index (χ4v) is 7.59. The smallest absolute Gasteiger partial charge is 0.284 e. The van der Waals surface area contributed by atoms with Crippen molar-refractivity contribution in [3.05, 3.63) is 77.7 Å². The van der Waals surface area contributed by atoms with E-state index in [0.29, 0.717) is 42.9 Å². The summed E-state index contributed by atoms with van der Waals surface area (Å²) in [5.41, 5.74) is 2.39. The van der Waals surface area contributed by atoms with Crippen molar-refractivity contribution in [1.82, 2.24) is 0 Å². The van der Waals surface area contributed by atoms with Crippen molar-refractivity contribution in [3.63, 3.8) is 0 Å². The first-order chi connectivity index (χ1) is 17.1. The topological polar surface area (TPSA) is 36.9 Å². The average molecular weight is 535 g/mol. The molecule has 2 fully saturated rings. The van der Waals surface area contributed by atoms with Gasteiger partial charge in [-0.05, 0) is 102 Å². The van der Waals surface area contributed by atoms with Crippen molar-refractivity contribution in [2.24, 2.45) is 17.3 Å². The molecule has 1 aromatic rings. The molecule has 0 radical (unpaired) electrons. The van der Waals surface area contributed by atoms with Crippen LogP contribution >= 0.6 is 15.9 Å². The van der Waals surface area contributed by atoms with Crippen LogP contribution in [0.2, 0.25) is 0 Å². The molecule has 5 aliphatic rings. The summed E-state index contributed by atoms with van der Waals surface area (Å²) >= 11 is 3.39. The molecular formula is C30H31BrO4. The minimum absolute atomic E-state index is 0.0147. The van der Waals surface area contributed by atoms with Crippen molar-refractivity contribution in [2.45, 2.75) is 57.0 Å². The van der Waals surface area contributed by atoms with Gasteiger partial charge in [0.15, 0.2) is 5.60 Å². The number of benzene rings is 1. The van der Waals surface area contributed by atoms with E-state index in [1.54, 1.807) is 0 Å². The van der Waals surface area contributed by atoms with Crippen LogP contribution in [0.15, 0.2) is 66.5 Å². The molecule has 3 aliphatic carbocycles.